The Bertz CT molecular complexity index is 672. The van der Waals surface area contributed by atoms with Gasteiger partial charge in [0.25, 0.3) is 11.8 Å². The van der Waals surface area contributed by atoms with Crippen LogP contribution in [0.1, 0.15) is 25.9 Å². The number of rotatable bonds is 4. The van der Waals surface area contributed by atoms with Gasteiger partial charge in [-0.15, -0.1) is 11.3 Å². The molecule has 1 N–H and O–H groups in total. The van der Waals surface area contributed by atoms with Crippen LogP contribution in [0.5, 0.6) is 0 Å². The van der Waals surface area contributed by atoms with Gasteiger partial charge in [-0.25, -0.2) is 4.98 Å². The molecule has 0 saturated carbocycles. The highest BCUT2D eigenvalue weighted by atomic mass is 79.9. The van der Waals surface area contributed by atoms with Crippen LogP contribution in [0, 0.1) is 0 Å². The van der Waals surface area contributed by atoms with E-state index in [2.05, 4.69) is 26.2 Å². The summed E-state index contributed by atoms with van der Waals surface area (Å²) in [6.07, 6.45) is 0. The van der Waals surface area contributed by atoms with Gasteiger partial charge >= 0.3 is 0 Å². The van der Waals surface area contributed by atoms with Gasteiger partial charge in [-0.05, 0) is 18.2 Å². The number of carbonyl (C=O) groups excluding carboxylic acids is 2. The molecule has 21 heavy (non-hydrogen) atoms. The number of carbonyl (C=O) groups is 2. The average molecular weight is 368 g/mol. The SMILES string of the molecule is CNC(=O)c1csc(CN(C)C(=O)c2cccc(Br)c2)n1. The van der Waals surface area contributed by atoms with E-state index in [1.165, 1.54) is 11.3 Å². The number of nitrogens with one attached hydrogen (secondary N) is 1. The Labute approximate surface area is 135 Å². The number of aromatic nitrogens is 1. The molecule has 0 bridgehead atoms. The summed E-state index contributed by atoms with van der Waals surface area (Å²) in [7, 11) is 3.27. The molecule has 1 heterocycles. The lowest BCUT2D eigenvalue weighted by Crippen LogP contribution is -2.26. The highest BCUT2D eigenvalue weighted by molar-refractivity contribution is 9.10. The highest BCUT2D eigenvalue weighted by Gasteiger charge is 2.15. The van der Waals surface area contributed by atoms with Crippen LogP contribution in [0.3, 0.4) is 0 Å². The minimum Gasteiger partial charge on any atom is -0.354 e. The van der Waals surface area contributed by atoms with Crippen LogP contribution in [0.25, 0.3) is 0 Å². The Kier molecular flexibility index (Phi) is 5.08. The molecule has 0 atom stereocenters. The van der Waals surface area contributed by atoms with Gasteiger partial charge in [0.1, 0.15) is 10.7 Å². The molecule has 0 radical (unpaired) electrons. The predicted octanol–water partition coefficient (Wildman–Crippen LogP) is 2.54. The zero-order chi connectivity index (χ0) is 15.4. The molecule has 0 aliphatic carbocycles. The van der Waals surface area contributed by atoms with Crippen LogP contribution < -0.4 is 5.32 Å². The van der Waals surface area contributed by atoms with Crippen LogP contribution in [0.2, 0.25) is 0 Å². The standard InChI is InChI=1S/C14H14BrN3O2S/c1-16-13(19)11-8-21-12(17-11)7-18(2)14(20)9-4-3-5-10(15)6-9/h3-6,8H,7H2,1-2H3,(H,16,19). The molecule has 0 aliphatic rings. The van der Waals surface area contributed by atoms with Crippen molar-refractivity contribution < 1.29 is 9.59 Å². The predicted molar refractivity (Wildman–Crippen MR) is 85.4 cm³/mol. The van der Waals surface area contributed by atoms with Crippen LogP contribution in [0.15, 0.2) is 34.1 Å². The molecule has 2 rings (SSSR count). The third-order valence-corrected chi connectivity index (χ3v) is 4.13. The van der Waals surface area contributed by atoms with Crippen molar-refractivity contribution in [2.24, 2.45) is 0 Å². The molecule has 2 aromatic rings. The molecular weight excluding hydrogens is 354 g/mol. The van der Waals surface area contributed by atoms with Gasteiger partial charge in [-0.1, -0.05) is 22.0 Å². The van der Waals surface area contributed by atoms with Gasteiger partial charge in [-0.2, -0.15) is 0 Å². The molecule has 5 nitrogen and oxygen atoms in total. The summed E-state index contributed by atoms with van der Waals surface area (Å²) in [6, 6.07) is 7.23. The lowest BCUT2D eigenvalue weighted by atomic mass is 10.2. The van der Waals surface area contributed by atoms with Crippen molar-refractivity contribution in [3.63, 3.8) is 0 Å². The van der Waals surface area contributed by atoms with Crippen molar-refractivity contribution in [2.45, 2.75) is 6.54 Å². The number of thiazole rings is 1. The first-order chi connectivity index (χ1) is 10.0. The fourth-order valence-corrected chi connectivity index (χ4v) is 2.96. The summed E-state index contributed by atoms with van der Waals surface area (Å²) < 4.78 is 0.859. The molecule has 0 aliphatic heterocycles. The van der Waals surface area contributed by atoms with Crippen LogP contribution in [0.4, 0.5) is 0 Å². The summed E-state index contributed by atoms with van der Waals surface area (Å²) >= 11 is 4.71. The van der Waals surface area contributed by atoms with Gasteiger partial charge in [-0.3, -0.25) is 9.59 Å². The molecule has 1 aromatic heterocycles. The molecule has 1 aromatic carbocycles. The summed E-state index contributed by atoms with van der Waals surface area (Å²) in [5, 5.41) is 4.93. The number of hydrogen-bond acceptors (Lipinski definition) is 4. The van der Waals surface area contributed by atoms with Crippen molar-refractivity contribution in [1.82, 2.24) is 15.2 Å². The minimum atomic E-state index is -0.224. The van der Waals surface area contributed by atoms with E-state index in [0.717, 1.165) is 9.48 Å². The lowest BCUT2D eigenvalue weighted by Gasteiger charge is -2.15. The van der Waals surface area contributed by atoms with E-state index in [9.17, 15) is 9.59 Å². The summed E-state index contributed by atoms with van der Waals surface area (Å²) in [6.45, 7) is 0.368. The van der Waals surface area contributed by atoms with Gasteiger partial charge in [0, 0.05) is 29.5 Å². The Hall–Kier alpha value is -1.73. The first-order valence-corrected chi connectivity index (χ1v) is 7.86. The highest BCUT2D eigenvalue weighted by Crippen LogP contribution is 2.16. The maximum absolute atomic E-state index is 12.3. The third-order valence-electron chi connectivity index (χ3n) is 2.80. The normalized spacial score (nSPS) is 10.2. The van der Waals surface area contributed by atoms with Crippen molar-refractivity contribution >= 4 is 39.1 Å². The number of halogens is 1. The maximum Gasteiger partial charge on any atom is 0.270 e. The summed E-state index contributed by atoms with van der Waals surface area (Å²) in [5.74, 6) is -0.313. The van der Waals surface area contributed by atoms with Crippen molar-refractivity contribution in [3.8, 4) is 0 Å². The first-order valence-electron chi connectivity index (χ1n) is 6.18. The van der Waals surface area contributed by atoms with E-state index >= 15 is 0 Å². The largest absolute Gasteiger partial charge is 0.354 e. The number of nitrogens with zero attached hydrogens (tertiary/aromatic N) is 2. The summed E-state index contributed by atoms with van der Waals surface area (Å²) in [5.41, 5.74) is 0.982. The maximum atomic E-state index is 12.3. The number of benzene rings is 1. The second-order valence-corrected chi connectivity index (χ2v) is 6.24. The molecule has 0 unspecified atom stereocenters. The Balaban J connectivity index is 2.07. The lowest BCUT2D eigenvalue weighted by molar-refractivity contribution is 0.0785. The zero-order valence-electron chi connectivity index (χ0n) is 11.6. The minimum absolute atomic E-state index is 0.0898. The molecule has 0 fully saturated rings. The Morgan fingerprint density at radius 2 is 2.19 bits per heavy atom. The fourth-order valence-electron chi connectivity index (χ4n) is 1.73. The van der Waals surface area contributed by atoms with E-state index in [1.54, 1.807) is 36.5 Å². The fraction of sp³-hybridized carbons (Fsp3) is 0.214. The van der Waals surface area contributed by atoms with E-state index in [4.69, 9.17) is 0 Å². The van der Waals surface area contributed by atoms with Gasteiger partial charge in [0.15, 0.2) is 0 Å². The second-order valence-electron chi connectivity index (χ2n) is 4.38. The topological polar surface area (TPSA) is 62.3 Å². The zero-order valence-corrected chi connectivity index (χ0v) is 14.0. The number of amides is 2. The average Bonchev–Trinajstić information content (AvgIpc) is 2.94. The van der Waals surface area contributed by atoms with E-state index in [0.29, 0.717) is 17.8 Å². The third kappa shape index (κ3) is 3.89. The van der Waals surface area contributed by atoms with E-state index in [-0.39, 0.29) is 11.8 Å². The van der Waals surface area contributed by atoms with Crippen molar-refractivity contribution in [1.29, 1.82) is 0 Å². The first kappa shape index (κ1) is 15.7. The van der Waals surface area contributed by atoms with Crippen molar-refractivity contribution in [3.05, 3.63) is 50.4 Å². The summed E-state index contributed by atoms with van der Waals surface area (Å²) in [4.78, 5) is 29.5. The monoisotopic (exact) mass is 367 g/mol. The molecule has 110 valence electrons. The molecule has 0 saturated heterocycles. The smallest absolute Gasteiger partial charge is 0.270 e. The second kappa shape index (κ2) is 6.82. The van der Waals surface area contributed by atoms with Gasteiger partial charge in [0.2, 0.25) is 0 Å². The van der Waals surface area contributed by atoms with E-state index in [1.807, 2.05) is 12.1 Å². The van der Waals surface area contributed by atoms with Crippen molar-refractivity contribution in [2.75, 3.05) is 14.1 Å². The molecule has 7 heteroatoms. The Morgan fingerprint density at radius 3 is 2.86 bits per heavy atom. The Morgan fingerprint density at radius 1 is 1.43 bits per heavy atom. The van der Waals surface area contributed by atoms with Gasteiger partial charge < -0.3 is 10.2 Å². The molecule has 2 amide bonds. The molecule has 0 spiro atoms. The van der Waals surface area contributed by atoms with Crippen LogP contribution >= 0.6 is 27.3 Å². The van der Waals surface area contributed by atoms with Gasteiger partial charge in [0.05, 0.1) is 6.54 Å². The number of hydrogen-bond donors (Lipinski definition) is 1. The molecular formula is C14H14BrN3O2S. The quantitative estimate of drug-likeness (QED) is 0.902. The van der Waals surface area contributed by atoms with Crippen LogP contribution in [-0.2, 0) is 6.54 Å². The van der Waals surface area contributed by atoms with Crippen LogP contribution in [-0.4, -0.2) is 35.8 Å². The van der Waals surface area contributed by atoms with E-state index < -0.39 is 0 Å².